The second kappa shape index (κ2) is 5.48. The summed E-state index contributed by atoms with van der Waals surface area (Å²) in [6.07, 6.45) is 3.75. The number of carbonyl (C=O) groups excluding carboxylic acids is 1. The van der Waals surface area contributed by atoms with E-state index in [1.165, 1.54) is 7.11 Å². The first-order chi connectivity index (χ1) is 7.13. The number of ether oxygens (including phenoxy) is 1. The standard InChI is InChI=1S/C10H17N3O2/c1-8(2)5-4-6-13-7-11-9(12-13)10(14)15-3/h7-8H,4-6H2,1-3H3. The van der Waals surface area contributed by atoms with Crippen LogP contribution in [0.3, 0.4) is 0 Å². The second-order valence-corrected chi connectivity index (χ2v) is 3.86. The fraction of sp³-hybridized carbons (Fsp3) is 0.700. The van der Waals surface area contributed by atoms with Crippen LogP contribution in [0.1, 0.15) is 37.3 Å². The molecular formula is C10H17N3O2. The van der Waals surface area contributed by atoms with Gasteiger partial charge in [0.2, 0.25) is 0 Å². The zero-order valence-electron chi connectivity index (χ0n) is 9.43. The van der Waals surface area contributed by atoms with Crippen molar-refractivity contribution >= 4 is 5.97 Å². The van der Waals surface area contributed by atoms with E-state index in [0.717, 1.165) is 19.4 Å². The number of hydrogen-bond donors (Lipinski definition) is 0. The zero-order valence-corrected chi connectivity index (χ0v) is 9.43. The Morgan fingerprint density at radius 1 is 1.60 bits per heavy atom. The lowest BCUT2D eigenvalue weighted by Crippen LogP contribution is -2.06. The molecule has 84 valence electrons. The summed E-state index contributed by atoms with van der Waals surface area (Å²) in [5.41, 5.74) is 0. The van der Waals surface area contributed by atoms with Gasteiger partial charge < -0.3 is 4.74 Å². The van der Waals surface area contributed by atoms with Crippen LogP contribution in [-0.2, 0) is 11.3 Å². The fourth-order valence-corrected chi connectivity index (χ4v) is 1.25. The first-order valence-electron chi connectivity index (χ1n) is 5.11. The highest BCUT2D eigenvalue weighted by molar-refractivity contribution is 5.84. The van der Waals surface area contributed by atoms with Crippen LogP contribution in [0.15, 0.2) is 6.33 Å². The lowest BCUT2D eigenvalue weighted by molar-refractivity contribution is 0.0586. The number of methoxy groups -OCH3 is 1. The molecule has 0 amide bonds. The quantitative estimate of drug-likeness (QED) is 0.692. The maximum atomic E-state index is 11.0. The largest absolute Gasteiger partial charge is 0.463 e. The SMILES string of the molecule is COC(=O)c1ncn(CCCC(C)C)n1. The lowest BCUT2D eigenvalue weighted by atomic mass is 10.1. The van der Waals surface area contributed by atoms with Crippen molar-refractivity contribution in [2.24, 2.45) is 5.92 Å². The molecule has 0 aliphatic carbocycles. The average molecular weight is 211 g/mol. The summed E-state index contributed by atoms with van der Waals surface area (Å²) in [4.78, 5) is 14.9. The molecule has 0 spiro atoms. The molecule has 15 heavy (non-hydrogen) atoms. The Morgan fingerprint density at radius 3 is 2.93 bits per heavy atom. The van der Waals surface area contributed by atoms with Crippen LogP contribution in [0.25, 0.3) is 0 Å². The molecule has 0 fully saturated rings. The minimum atomic E-state index is -0.488. The van der Waals surface area contributed by atoms with Crippen molar-refractivity contribution in [1.82, 2.24) is 14.8 Å². The van der Waals surface area contributed by atoms with Gasteiger partial charge in [0.15, 0.2) is 0 Å². The Labute approximate surface area is 89.5 Å². The molecule has 5 heteroatoms. The van der Waals surface area contributed by atoms with Crippen molar-refractivity contribution < 1.29 is 9.53 Å². The molecule has 0 saturated heterocycles. The summed E-state index contributed by atoms with van der Waals surface area (Å²) < 4.78 is 6.19. The Hall–Kier alpha value is -1.39. The molecule has 0 bridgehead atoms. The molecule has 1 aromatic heterocycles. The highest BCUT2D eigenvalue weighted by atomic mass is 16.5. The summed E-state index contributed by atoms with van der Waals surface area (Å²) in [5.74, 6) is 0.327. The number of nitrogens with zero attached hydrogens (tertiary/aromatic N) is 3. The molecule has 0 saturated carbocycles. The molecule has 0 unspecified atom stereocenters. The monoisotopic (exact) mass is 211 g/mol. The summed E-state index contributed by atoms with van der Waals surface area (Å²) in [5, 5.41) is 4.01. The van der Waals surface area contributed by atoms with Gasteiger partial charge in [-0.15, -0.1) is 5.10 Å². The van der Waals surface area contributed by atoms with Gasteiger partial charge in [0.25, 0.3) is 5.82 Å². The van der Waals surface area contributed by atoms with E-state index in [1.54, 1.807) is 11.0 Å². The molecule has 1 rings (SSSR count). The van der Waals surface area contributed by atoms with E-state index in [4.69, 9.17) is 0 Å². The van der Waals surface area contributed by atoms with Gasteiger partial charge in [-0.25, -0.2) is 9.78 Å². The van der Waals surface area contributed by atoms with Gasteiger partial charge in [0.1, 0.15) is 6.33 Å². The summed E-state index contributed by atoms with van der Waals surface area (Å²) in [7, 11) is 1.32. The zero-order chi connectivity index (χ0) is 11.3. The van der Waals surface area contributed by atoms with Gasteiger partial charge in [-0.05, 0) is 18.8 Å². The van der Waals surface area contributed by atoms with Crippen LogP contribution >= 0.6 is 0 Å². The van der Waals surface area contributed by atoms with Crippen LogP contribution in [0.5, 0.6) is 0 Å². The number of hydrogen-bond acceptors (Lipinski definition) is 4. The van der Waals surface area contributed by atoms with Gasteiger partial charge >= 0.3 is 5.97 Å². The van der Waals surface area contributed by atoms with E-state index in [2.05, 4.69) is 28.7 Å². The molecule has 0 atom stereocenters. The normalized spacial score (nSPS) is 10.7. The van der Waals surface area contributed by atoms with Crippen molar-refractivity contribution in [2.75, 3.05) is 7.11 Å². The van der Waals surface area contributed by atoms with E-state index < -0.39 is 5.97 Å². The highest BCUT2D eigenvalue weighted by Gasteiger charge is 2.10. The predicted octanol–water partition coefficient (Wildman–Crippen LogP) is 1.50. The topological polar surface area (TPSA) is 57.0 Å². The van der Waals surface area contributed by atoms with Crippen molar-refractivity contribution in [3.8, 4) is 0 Å². The molecule has 5 nitrogen and oxygen atoms in total. The predicted molar refractivity (Wildman–Crippen MR) is 55.4 cm³/mol. The number of aromatic nitrogens is 3. The summed E-state index contributed by atoms with van der Waals surface area (Å²) in [6, 6.07) is 0. The molecule has 0 N–H and O–H groups in total. The van der Waals surface area contributed by atoms with Gasteiger partial charge in [0, 0.05) is 6.54 Å². The number of carbonyl (C=O) groups is 1. The molecule has 0 aliphatic heterocycles. The lowest BCUT2D eigenvalue weighted by Gasteiger charge is -2.03. The number of esters is 1. The minimum Gasteiger partial charge on any atom is -0.463 e. The Balaban J connectivity index is 2.43. The maximum absolute atomic E-state index is 11.0. The second-order valence-electron chi connectivity index (χ2n) is 3.86. The van der Waals surface area contributed by atoms with E-state index in [1.807, 2.05) is 0 Å². The fourth-order valence-electron chi connectivity index (χ4n) is 1.25. The van der Waals surface area contributed by atoms with Gasteiger partial charge in [0.05, 0.1) is 7.11 Å². The molecule has 1 heterocycles. The molecule has 0 aliphatic rings. The van der Waals surface area contributed by atoms with Crippen molar-refractivity contribution in [3.05, 3.63) is 12.2 Å². The minimum absolute atomic E-state index is 0.127. The molecule has 1 aromatic rings. The third kappa shape index (κ3) is 3.69. The molecule has 0 radical (unpaired) electrons. The van der Waals surface area contributed by atoms with Crippen molar-refractivity contribution in [1.29, 1.82) is 0 Å². The highest BCUT2D eigenvalue weighted by Crippen LogP contribution is 2.04. The maximum Gasteiger partial charge on any atom is 0.377 e. The van der Waals surface area contributed by atoms with Crippen LogP contribution < -0.4 is 0 Å². The summed E-state index contributed by atoms with van der Waals surface area (Å²) in [6.45, 7) is 5.16. The Kier molecular flexibility index (Phi) is 4.27. The number of rotatable bonds is 5. The number of aryl methyl sites for hydroxylation is 1. The van der Waals surface area contributed by atoms with Crippen LogP contribution in [0, 0.1) is 5.92 Å². The third-order valence-electron chi connectivity index (χ3n) is 2.07. The van der Waals surface area contributed by atoms with E-state index >= 15 is 0 Å². The molecular weight excluding hydrogens is 194 g/mol. The first-order valence-corrected chi connectivity index (χ1v) is 5.11. The van der Waals surface area contributed by atoms with Crippen molar-refractivity contribution in [2.45, 2.75) is 33.2 Å². The van der Waals surface area contributed by atoms with Gasteiger partial charge in [-0.2, -0.15) is 0 Å². The third-order valence-corrected chi connectivity index (χ3v) is 2.07. The van der Waals surface area contributed by atoms with Crippen molar-refractivity contribution in [3.63, 3.8) is 0 Å². The Bertz CT molecular complexity index is 320. The smallest absolute Gasteiger partial charge is 0.377 e. The summed E-state index contributed by atoms with van der Waals surface area (Å²) >= 11 is 0. The van der Waals surface area contributed by atoms with Crippen LogP contribution in [0.4, 0.5) is 0 Å². The van der Waals surface area contributed by atoms with E-state index in [9.17, 15) is 4.79 Å². The van der Waals surface area contributed by atoms with E-state index in [-0.39, 0.29) is 5.82 Å². The van der Waals surface area contributed by atoms with Gasteiger partial charge in [-0.1, -0.05) is 13.8 Å². The molecule has 0 aromatic carbocycles. The average Bonchev–Trinajstić information content (AvgIpc) is 2.65. The van der Waals surface area contributed by atoms with Crippen LogP contribution in [0.2, 0.25) is 0 Å². The van der Waals surface area contributed by atoms with E-state index in [0.29, 0.717) is 5.92 Å². The Morgan fingerprint density at radius 2 is 2.33 bits per heavy atom. The first kappa shape index (κ1) is 11.7. The van der Waals surface area contributed by atoms with Crippen LogP contribution in [-0.4, -0.2) is 27.8 Å². The van der Waals surface area contributed by atoms with Gasteiger partial charge in [-0.3, -0.25) is 4.68 Å².